The Hall–Kier alpha value is -2.91. The number of hydrogen-bond acceptors (Lipinski definition) is 8. The predicted octanol–water partition coefficient (Wildman–Crippen LogP) is 2.40. The highest BCUT2D eigenvalue weighted by Gasteiger charge is 2.10. The van der Waals surface area contributed by atoms with Crippen LogP contribution in [0.15, 0.2) is 58.3 Å². The molecule has 25 heavy (non-hydrogen) atoms. The largest absolute Gasteiger partial charge is 0.461 e. The van der Waals surface area contributed by atoms with Crippen LogP contribution in [0.3, 0.4) is 0 Å². The zero-order chi connectivity index (χ0) is 17.1. The molecule has 0 aliphatic heterocycles. The maximum absolute atomic E-state index is 5.52. The van der Waals surface area contributed by atoms with Gasteiger partial charge in [0.05, 0.1) is 6.26 Å². The van der Waals surface area contributed by atoms with Gasteiger partial charge in [-0.15, -0.1) is 5.10 Å². The third-order valence-corrected chi connectivity index (χ3v) is 4.15. The maximum atomic E-state index is 5.52. The van der Waals surface area contributed by atoms with Crippen LogP contribution in [0.4, 0.5) is 5.95 Å². The van der Waals surface area contributed by atoms with Crippen molar-refractivity contribution in [3.8, 4) is 11.6 Å². The Morgan fingerprint density at radius 1 is 1.16 bits per heavy atom. The standard InChI is InChI=1S/C16H15N7OS/c17-25-12-5-3-11(4-6-12)7-8-18-15-19-10-23-16(21-15)20-14(22-23)13-2-1-9-24-13/h1-6,9-10H,7-8,17H2,(H,18,20,21,22). The Balaban J connectivity index is 1.42. The molecule has 0 amide bonds. The van der Waals surface area contributed by atoms with Gasteiger partial charge in [-0.05, 0) is 48.2 Å². The van der Waals surface area contributed by atoms with Gasteiger partial charge >= 0.3 is 0 Å². The van der Waals surface area contributed by atoms with E-state index in [1.54, 1.807) is 24.7 Å². The van der Waals surface area contributed by atoms with E-state index in [1.807, 2.05) is 12.1 Å². The first-order valence-electron chi connectivity index (χ1n) is 7.65. The van der Waals surface area contributed by atoms with Gasteiger partial charge < -0.3 is 9.73 Å². The summed E-state index contributed by atoms with van der Waals surface area (Å²) in [5.41, 5.74) is 1.22. The summed E-state index contributed by atoms with van der Waals surface area (Å²) in [5.74, 6) is 2.06. The summed E-state index contributed by atoms with van der Waals surface area (Å²) in [6.07, 6.45) is 4.02. The fraction of sp³-hybridized carbons (Fsp3) is 0.125. The second-order valence-electron chi connectivity index (χ2n) is 5.28. The quantitative estimate of drug-likeness (QED) is 0.509. The molecular weight excluding hydrogens is 338 g/mol. The van der Waals surface area contributed by atoms with Crippen molar-refractivity contribution in [2.45, 2.75) is 11.3 Å². The molecule has 0 radical (unpaired) electrons. The van der Waals surface area contributed by atoms with Crippen LogP contribution in [0.2, 0.25) is 0 Å². The van der Waals surface area contributed by atoms with Gasteiger partial charge in [0.1, 0.15) is 6.33 Å². The summed E-state index contributed by atoms with van der Waals surface area (Å²) >= 11 is 1.24. The van der Waals surface area contributed by atoms with E-state index in [0.29, 0.717) is 29.9 Å². The average molecular weight is 353 g/mol. The monoisotopic (exact) mass is 353 g/mol. The highest BCUT2D eigenvalue weighted by Crippen LogP contribution is 2.16. The SMILES string of the molecule is NSc1ccc(CCNc2ncn3nc(-c4ccco4)nc3n2)cc1. The van der Waals surface area contributed by atoms with E-state index in [9.17, 15) is 0 Å². The summed E-state index contributed by atoms with van der Waals surface area (Å²) in [6, 6.07) is 11.7. The van der Waals surface area contributed by atoms with Crippen molar-refractivity contribution < 1.29 is 4.42 Å². The first-order chi connectivity index (χ1) is 12.3. The number of nitrogens with one attached hydrogen (secondary N) is 1. The Labute approximate surface area is 147 Å². The third kappa shape index (κ3) is 3.47. The minimum atomic E-state index is 0.466. The van der Waals surface area contributed by atoms with E-state index in [4.69, 9.17) is 9.56 Å². The van der Waals surface area contributed by atoms with Gasteiger partial charge in [0.15, 0.2) is 5.76 Å². The predicted molar refractivity (Wildman–Crippen MR) is 95.0 cm³/mol. The van der Waals surface area contributed by atoms with Crippen molar-refractivity contribution in [3.63, 3.8) is 0 Å². The maximum Gasteiger partial charge on any atom is 0.257 e. The van der Waals surface area contributed by atoms with Crippen molar-refractivity contribution in [3.05, 3.63) is 54.6 Å². The summed E-state index contributed by atoms with van der Waals surface area (Å²) in [6.45, 7) is 0.713. The van der Waals surface area contributed by atoms with E-state index < -0.39 is 0 Å². The summed E-state index contributed by atoms with van der Waals surface area (Å²) in [4.78, 5) is 14.0. The molecule has 0 bridgehead atoms. The molecule has 0 spiro atoms. The average Bonchev–Trinajstić information content (AvgIpc) is 3.31. The Bertz CT molecular complexity index is 966. The van der Waals surface area contributed by atoms with Crippen LogP contribution in [0, 0.1) is 0 Å². The molecule has 0 atom stereocenters. The summed E-state index contributed by atoms with van der Waals surface area (Å²) in [5, 5.41) is 13.0. The Morgan fingerprint density at radius 3 is 2.80 bits per heavy atom. The van der Waals surface area contributed by atoms with Crippen LogP contribution in [0.1, 0.15) is 5.56 Å². The number of nitrogens with two attached hydrogens (primary N) is 1. The van der Waals surface area contributed by atoms with E-state index in [0.717, 1.165) is 11.3 Å². The fourth-order valence-electron chi connectivity index (χ4n) is 2.35. The molecule has 0 aliphatic rings. The molecule has 1 aromatic carbocycles. The highest BCUT2D eigenvalue weighted by atomic mass is 32.2. The van der Waals surface area contributed by atoms with E-state index in [1.165, 1.54) is 22.0 Å². The number of furan rings is 1. The molecular formula is C16H15N7OS. The van der Waals surface area contributed by atoms with Crippen molar-refractivity contribution in [2.75, 3.05) is 11.9 Å². The van der Waals surface area contributed by atoms with Gasteiger partial charge in [0.25, 0.3) is 5.78 Å². The lowest BCUT2D eigenvalue weighted by molar-refractivity contribution is 0.577. The Kier molecular flexibility index (Phi) is 4.32. The summed E-state index contributed by atoms with van der Waals surface area (Å²) in [7, 11) is 0. The molecule has 0 saturated heterocycles. The topological polar surface area (TPSA) is 107 Å². The van der Waals surface area contributed by atoms with Crippen LogP contribution in [0.5, 0.6) is 0 Å². The zero-order valence-electron chi connectivity index (χ0n) is 13.2. The molecule has 4 aromatic rings. The van der Waals surface area contributed by atoms with Crippen molar-refractivity contribution in [2.24, 2.45) is 5.14 Å². The second kappa shape index (κ2) is 6.91. The molecule has 126 valence electrons. The minimum Gasteiger partial charge on any atom is -0.461 e. The lowest BCUT2D eigenvalue weighted by Crippen LogP contribution is -2.09. The van der Waals surface area contributed by atoms with Crippen LogP contribution in [-0.2, 0) is 6.42 Å². The van der Waals surface area contributed by atoms with Crippen molar-refractivity contribution in [1.82, 2.24) is 24.6 Å². The van der Waals surface area contributed by atoms with E-state index in [-0.39, 0.29) is 0 Å². The minimum absolute atomic E-state index is 0.466. The van der Waals surface area contributed by atoms with E-state index in [2.05, 4.69) is 37.5 Å². The molecule has 4 rings (SSSR count). The second-order valence-corrected chi connectivity index (χ2v) is 5.98. The van der Waals surface area contributed by atoms with Gasteiger partial charge in [-0.2, -0.15) is 14.5 Å². The molecule has 0 fully saturated rings. The molecule has 9 heteroatoms. The van der Waals surface area contributed by atoms with Gasteiger partial charge in [0.2, 0.25) is 11.8 Å². The lowest BCUT2D eigenvalue weighted by Gasteiger charge is -2.05. The summed E-state index contributed by atoms with van der Waals surface area (Å²) < 4.78 is 6.82. The third-order valence-electron chi connectivity index (χ3n) is 3.61. The fourth-order valence-corrected chi connectivity index (χ4v) is 2.64. The first kappa shape index (κ1) is 15.6. The van der Waals surface area contributed by atoms with Crippen LogP contribution < -0.4 is 10.5 Å². The smallest absolute Gasteiger partial charge is 0.257 e. The molecule has 0 unspecified atom stereocenters. The first-order valence-corrected chi connectivity index (χ1v) is 8.52. The van der Waals surface area contributed by atoms with Crippen molar-refractivity contribution in [1.29, 1.82) is 0 Å². The van der Waals surface area contributed by atoms with Gasteiger partial charge in [0, 0.05) is 11.4 Å². The van der Waals surface area contributed by atoms with Gasteiger partial charge in [-0.1, -0.05) is 12.1 Å². The zero-order valence-corrected chi connectivity index (χ0v) is 14.0. The number of benzene rings is 1. The number of rotatable bonds is 6. The van der Waals surface area contributed by atoms with Crippen LogP contribution >= 0.6 is 11.9 Å². The molecule has 3 N–H and O–H groups in total. The number of anilines is 1. The molecule has 8 nitrogen and oxygen atoms in total. The van der Waals surface area contributed by atoms with Gasteiger partial charge in [-0.3, -0.25) is 5.14 Å². The number of aromatic nitrogens is 5. The molecule has 0 saturated carbocycles. The number of hydrogen-bond donors (Lipinski definition) is 2. The molecule has 0 aliphatic carbocycles. The number of fused-ring (bicyclic) bond motifs is 1. The van der Waals surface area contributed by atoms with Crippen LogP contribution in [0.25, 0.3) is 17.4 Å². The van der Waals surface area contributed by atoms with E-state index >= 15 is 0 Å². The molecule has 3 heterocycles. The normalized spacial score (nSPS) is 11.1. The number of nitrogens with zero attached hydrogens (tertiary/aromatic N) is 5. The van der Waals surface area contributed by atoms with Crippen LogP contribution in [-0.4, -0.2) is 31.1 Å². The molecule has 3 aromatic heterocycles. The van der Waals surface area contributed by atoms with Gasteiger partial charge in [-0.25, -0.2) is 4.98 Å². The highest BCUT2D eigenvalue weighted by molar-refractivity contribution is 7.97. The lowest BCUT2D eigenvalue weighted by atomic mass is 10.1. The van der Waals surface area contributed by atoms with Crippen molar-refractivity contribution >= 4 is 23.7 Å². The Morgan fingerprint density at radius 2 is 2.04 bits per heavy atom.